The Hall–Kier alpha value is -2.73. The number of nitrogens with zero attached hydrogens (tertiary/aromatic N) is 3. The van der Waals surface area contributed by atoms with Crippen LogP contribution in [0.4, 0.5) is 4.39 Å². The topological polar surface area (TPSA) is 59.2 Å². The summed E-state index contributed by atoms with van der Waals surface area (Å²) in [5, 5.41) is 4.43. The van der Waals surface area contributed by atoms with E-state index in [-0.39, 0.29) is 24.7 Å². The third kappa shape index (κ3) is 4.26. The van der Waals surface area contributed by atoms with Gasteiger partial charge in [0.2, 0.25) is 17.6 Å². The molecule has 3 rings (SSSR count). The number of carbonyl (C=O) groups excluding carboxylic acids is 1. The van der Waals surface area contributed by atoms with Gasteiger partial charge in [0.1, 0.15) is 5.82 Å². The van der Waals surface area contributed by atoms with E-state index in [2.05, 4.69) is 10.1 Å². The summed E-state index contributed by atoms with van der Waals surface area (Å²) in [6.07, 6.45) is 0.535. The molecule has 1 amide bonds. The molecule has 7 heteroatoms. The number of hydrogen-bond donors (Lipinski definition) is 0. The van der Waals surface area contributed by atoms with Crippen molar-refractivity contribution in [2.45, 2.75) is 19.4 Å². The molecule has 0 unspecified atom stereocenters. The van der Waals surface area contributed by atoms with Crippen LogP contribution in [-0.4, -0.2) is 28.0 Å². The van der Waals surface area contributed by atoms with Crippen LogP contribution < -0.4 is 0 Å². The molecule has 0 aliphatic carbocycles. The highest BCUT2D eigenvalue weighted by Gasteiger charge is 2.16. The van der Waals surface area contributed by atoms with Crippen LogP contribution in [0.25, 0.3) is 11.4 Å². The predicted molar refractivity (Wildman–Crippen MR) is 95.9 cm³/mol. The summed E-state index contributed by atoms with van der Waals surface area (Å²) in [5.41, 5.74) is 1.19. The lowest BCUT2D eigenvalue weighted by Gasteiger charge is -2.14. The van der Waals surface area contributed by atoms with E-state index in [9.17, 15) is 9.18 Å². The average molecular weight is 374 g/mol. The van der Waals surface area contributed by atoms with E-state index in [0.717, 1.165) is 0 Å². The Bertz CT molecular complexity index is 913. The lowest BCUT2D eigenvalue weighted by atomic mass is 10.1. The standard InChI is InChI=1S/C19H17ClFN3O2/c1-24(18(25)11-10-13-6-2-5-9-16(13)21)12-17-22-19(23-26-17)14-7-3-4-8-15(14)20/h2-9H,10-12H2,1H3. The van der Waals surface area contributed by atoms with Crippen molar-refractivity contribution in [3.05, 3.63) is 70.8 Å². The molecule has 0 saturated carbocycles. The molecule has 26 heavy (non-hydrogen) atoms. The fourth-order valence-corrected chi connectivity index (χ4v) is 2.72. The quantitative estimate of drug-likeness (QED) is 0.652. The first-order chi connectivity index (χ1) is 12.5. The molecule has 1 heterocycles. The molecule has 134 valence electrons. The average Bonchev–Trinajstić information content (AvgIpc) is 3.09. The zero-order chi connectivity index (χ0) is 18.5. The van der Waals surface area contributed by atoms with E-state index in [0.29, 0.717) is 34.3 Å². The predicted octanol–water partition coefficient (Wildman–Crippen LogP) is 4.12. The minimum atomic E-state index is -0.302. The molecule has 0 bridgehead atoms. The van der Waals surface area contributed by atoms with Crippen molar-refractivity contribution in [3.8, 4) is 11.4 Å². The molecule has 2 aromatic carbocycles. The molecule has 0 aliphatic rings. The van der Waals surface area contributed by atoms with Crippen molar-refractivity contribution >= 4 is 17.5 Å². The fraction of sp³-hybridized carbons (Fsp3) is 0.211. The molecule has 0 spiro atoms. The van der Waals surface area contributed by atoms with Crippen molar-refractivity contribution in [2.75, 3.05) is 7.05 Å². The maximum absolute atomic E-state index is 13.6. The van der Waals surface area contributed by atoms with Gasteiger partial charge in [0, 0.05) is 19.0 Å². The van der Waals surface area contributed by atoms with Crippen molar-refractivity contribution in [1.82, 2.24) is 15.0 Å². The van der Waals surface area contributed by atoms with Gasteiger partial charge in [-0.2, -0.15) is 4.98 Å². The van der Waals surface area contributed by atoms with Gasteiger partial charge in [-0.05, 0) is 30.2 Å². The number of halogens is 2. The third-order valence-electron chi connectivity index (χ3n) is 3.95. The lowest BCUT2D eigenvalue weighted by Crippen LogP contribution is -2.26. The smallest absolute Gasteiger partial charge is 0.246 e. The molecule has 1 aromatic heterocycles. The number of hydrogen-bond acceptors (Lipinski definition) is 4. The molecule has 0 N–H and O–H groups in total. The number of aryl methyl sites for hydroxylation is 1. The summed E-state index contributed by atoms with van der Waals surface area (Å²) in [4.78, 5) is 18.0. The fourth-order valence-electron chi connectivity index (χ4n) is 2.50. The number of rotatable bonds is 6. The Morgan fingerprint density at radius 3 is 2.69 bits per heavy atom. The first kappa shape index (κ1) is 18.1. The van der Waals surface area contributed by atoms with Gasteiger partial charge in [-0.1, -0.05) is 47.1 Å². The minimum absolute atomic E-state index is 0.134. The Morgan fingerprint density at radius 1 is 1.19 bits per heavy atom. The Balaban J connectivity index is 1.59. The molecular weight excluding hydrogens is 357 g/mol. The Morgan fingerprint density at radius 2 is 1.92 bits per heavy atom. The van der Waals surface area contributed by atoms with Crippen LogP contribution in [0.5, 0.6) is 0 Å². The molecule has 0 atom stereocenters. The Kier molecular flexibility index (Phi) is 5.63. The first-order valence-electron chi connectivity index (χ1n) is 8.09. The van der Waals surface area contributed by atoms with Crippen molar-refractivity contribution in [2.24, 2.45) is 0 Å². The van der Waals surface area contributed by atoms with Gasteiger partial charge in [0.15, 0.2) is 0 Å². The van der Waals surface area contributed by atoms with Gasteiger partial charge in [0.25, 0.3) is 0 Å². The molecule has 0 radical (unpaired) electrons. The third-order valence-corrected chi connectivity index (χ3v) is 4.28. The van der Waals surface area contributed by atoms with Crippen LogP contribution in [0.15, 0.2) is 53.1 Å². The number of carbonyl (C=O) groups is 1. The number of amides is 1. The van der Waals surface area contributed by atoms with Crippen LogP contribution >= 0.6 is 11.6 Å². The van der Waals surface area contributed by atoms with Gasteiger partial charge in [0.05, 0.1) is 11.6 Å². The second-order valence-corrected chi connectivity index (χ2v) is 6.24. The summed E-state index contributed by atoms with van der Waals surface area (Å²) in [7, 11) is 1.64. The van der Waals surface area contributed by atoms with E-state index < -0.39 is 0 Å². The maximum Gasteiger partial charge on any atom is 0.246 e. The second-order valence-electron chi connectivity index (χ2n) is 5.83. The SMILES string of the molecule is CN(Cc1nc(-c2ccccc2Cl)no1)C(=O)CCc1ccccc1F. The van der Waals surface area contributed by atoms with E-state index in [1.165, 1.54) is 11.0 Å². The molecule has 0 fully saturated rings. The van der Waals surface area contributed by atoms with Crippen molar-refractivity contribution in [1.29, 1.82) is 0 Å². The summed E-state index contributed by atoms with van der Waals surface area (Å²) in [6.45, 7) is 0.174. The van der Waals surface area contributed by atoms with Crippen molar-refractivity contribution < 1.29 is 13.7 Å². The second kappa shape index (κ2) is 8.10. The number of benzene rings is 2. The highest BCUT2D eigenvalue weighted by Crippen LogP contribution is 2.25. The molecular formula is C19H17ClFN3O2. The van der Waals surface area contributed by atoms with Gasteiger partial charge in [-0.3, -0.25) is 4.79 Å². The van der Waals surface area contributed by atoms with E-state index in [4.69, 9.17) is 16.1 Å². The zero-order valence-electron chi connectivity index (χ0n) is 14.2. The van der Waals surface area contributed by atoms with Gasteiger partial charge in [-0.25, -0.2) is 4.39 Å². The molecule has 3 aromatic rings. The van der Waals surface area contributed by atoms with E-state index in [1.807, 2.05) is 12.1 Å². The lowest BCUT2D eigenvalue weighted by molar-refractivity contribution is -0.130. The molecule has 0 saturated heterocycles. The normalized spacial score (nSPS) is 10.7. The first-order valence-corrected chi connectivity index (χ1v) is 8.47. The van der Waals surface area contributed by atoms with Crippen LogP contribution in [0.3, 0.4) is 0 Å². The monoisotopic (exact) mass is 373 g/mol. The van der Waals surface area contributed by atoms with Crippen LogP contribution in [0.2, 0.25) is 5.02 Å². The zero-order valence-corrected chi connectivity index (χ0v) is 14.9. The molecule has 0 aliphatic heterocycles. The maximum atomic E-state index is 13.6. The van der Waals surface area contributed by atoms with Gasteiger partial charge >= 0.3 is 0 Å². The summed E-state index contributed by atoms with van der Waals surface area (Å²) >= 11 is 6.12. The summed E-state index contributed by atoms with van der Waals surface area (Å²) in [6, 6.07) is 13.6. The van der Waals surface area contributed by atoms with Crippen LogP contribution in [0, 0.1) is 5.82 Å². The van der Waals surface area contributed by atoms with Crippen LogP contribution in [0.1, 0.15) is 17.9 Å². The van der Waals surface area contributed by atoms with Gasteiger partial charge < -0.3 is 9.42 Å². The Labute approximate surface area is 155 Å². The summed E-state index contributed by atoms with van der Waals surface area (Å²) in [5.74, 6) is 0.245. The van der Waals surface area contributed by atoms with E-state index >= 15 is 0 Å². The van der Waals surface area contributed by atoms with Crippen molar-refractivity contribution in [3.63, 3.8) is 0 Å². The van der Waals surface area contributed by atoms with Crippen LogP contribution in [-0.2, 0) is 17.8 Å². The highest BCUT2D eigenvalue weighted by molar-refractivity contribution is 6.33. The molecule has 5 nitrogen and oxygen atoms in total. The largest absolute Gasteiger partial charge is 0.337 e. The van der Waals surface area contributed by atoms with E-state index in [1.54, 1.807) is 37.4 Å². The highest BCUT2D eigenvalue weighted by atomic mass is 35.5. The summed E-state index contributed by atoms with van der Waals surface area (Å²) < 4.78 is 18.8. The number of aromatic nitrogens is 2. The minimum Gasteiger partial charge on any atom is -0.337 e. The van der Waals surface area contributed by atoms with Gasteiger partial charge in [-0.15, -0.1) is 0 Å².